The number of hydrogen-bond acceptors (Lipinski definition) is 5. The third kappa shape index (κ3) is 3.82. The molecule has 1 aromatic carbocycles. The first-order chi connectivity index (χ1) is 13.3. The Labute approximate surface area is 166 Å². The maximum atomic E-state index is 12.8. The van der Waals surface area contributed by atoms with E-state index in [1.807, 2.05) is 12.3 Å². The number of carbonyl (C=O) groups excluding carboxylic acids is 4. The van der Waals surface area contributed by atoms with E-state index in [9.17, 15) is 19.2 Å². The summed E-state index contributed by atoms with van der Waals surface area (Å²) in [5.74, 6) is -0.897. The van der Waals surface area contributed by atoms with Crippen LogP contribution in [0, 0.1) is 0 Å². The van der Waals surface area contributed by atoms with Gasteiger partial charge in [0, 0.05) is 17.7 Å². The number of hydrogen-bond donors (Lipinski definition) is 2. The number of nitrogens with zero attached hydrogens (tertiary/aromatic N) is 1. The summed E-state index contributed by atoms with van der Waals surface area (Å²) in [5, 5.41) is 9.05. The molecule has 2 heterocycles. The molecule has 1 aliphatic heterocycles. The Kier molecular flexibility index (Phi) is 5.60. The fraction of sp³-hybridized carbons (Fsp3) is 0.300. The van der Waals surface area contributed by atoms with E-state index in [4.69, 9.17) is 0 Å². The molecule has 1 atom stereocenters. The zero-order valence-corrected chi connectivity index (χ0v) is 16.5. The summed E-state index contributed by atoms with van der Waals surface area (Å²) in [6, 6.07) is 7.58. The first-order valence-electron chi connectivity index (χ1n) is 8.95. The average Bonchev–Trinajstić information content (AvgIpc) is 3.27. The van der Waals surface area contributed by atoms with Crippen molar-refractivity contribution in [1.82, 2.24) is 10.2 Å². The van der Waals surface area contributed by atoms with Gasteiger partial charge in [-0.3, -0.25) is 19.3 Å². The van der Waals surface area contributed by atoms with Crippen molar-refractivity contribution in [3.63, 3.8) is 0 Å². The van der Waals surface area contributed by atoms with Gasteiger partial charge in [0.2, 0.25) is 5.91 Å². The van der Waals surface area contributed by atoms with Gasteiger partial charge in [0.25, 0.3) is 5.91 Å². The van der Waals surface area contributed by atoms with E-state index in [2.05, 4.69) is 10.6 Å². The molecule has 4 amide bonds. The van der Waals surface area contributed by atoms with Crippen molar-refractivity contribution < 1.29 is 19.2 Å². The summed E-state index contributed by atoms with van der Waals surface area (Å²) in [6.45, 7) is 3.21. The molecule has 0 saturated carbocycles. The zero-order valence-electron chi connectivity index (χ0n) is 15.7. The number of nitrogens with one attached hydrogen (secondary N) is 2. The molecule has 3 rings (SSSR count). The van der Waals surface area contributed by atoms with E-state index in [0.717, 1.165) is 11.3 Å². The smallest absolute Gasteiger partial charge is 0.325 e. The van der Waals surface area contributed by atoms with Crippen LogP contribution in [0.4, 0.5) is 10.5 Å². The summed E-state index contributed by atoms with van der Waals surface area (Å²) in [7, 11) is 0. The molecular formula is C20H21N3O4S. The number of amides is 4. The van der Waals surface area contributed by atoms with E-state index in [1.54, 1.807) is 42.6 Å². The van der Waals surface area contributed by atoms with Crippen molar-refractivity contribution in [3.8, 4) is 0 Å². The SMILES string of the molecule is CCCC(=O)Nc1ccc(C(=O)CN2C(=O)NC(C)(c3ccsc3)C2=O)cc1. The second kappa shape index (κ2) is 7.93. The summed E-state index contributed by atoms with van der Waals surface area (Å²) < 4.78 is 0. The highest BCUT2D eigenvalue weighted by molar-refractivity contribution is 7.08. The number of benzene rings is 1. The number of ketones is 1. The van der Waals surface area contributed by atoms with Gasteiger partial charge in [-0.1, -0.05) is 6.92 Å². The van der Waals surface area contributed by atoms with Gasteiger partial charge >= 0.3 is 6.03 Å². The second-order valence-electron chi connectivity index (χ2n) is 6.76. The lowest BCUT2D eigenvalue weighted by Gasteiger charge is -2.20. The molecular weight excluding hydrogens is 378 g/mol. The van der Waals surface area contributed by atoms with Gasteiger partial charge in [-0.25, -0.2) is 4.79 Å². The molecule has 8 heteroatoms. The van der Waals surface area contributed by atoms with Gasteiger partial charge in [-0.05, 0) is 60.0 Å². The minimum Gasteiger partial charge on any atom is -0.326 e. The van der Waals surface area contributed by atoms with Crippen molar-refractivity contribution >= 4 is 40.7 Å². The molecule has 0 aliphatic carbocycles. The lowest BCUT2D eigenvalue weighted by molar-refractivity contribution is -0.130. The van der Waals surface area contributed by atoms with Crippen LogP contribution >= 0.6 is 11.3 Å². The Hall–Kier alpha value is -3.00. The predicted molar refractivity (Wildman–Crippen MR) is 106 cm³/mol. The second-order valence-corrected chi connectivity index (χ2v) is 7.54. The lowest BCUT2D eigenvalue weighted by atomic mass is 9.95. The largest absolute Gasteiger partial charge is 0.326 e. The van der Waals surface area contributed by atoms with Gasteiger partial charge in [0.05, 0.1) is 6.54 Å². The van der Waals surface area contributed by atoms with Crippen LogP contribution in [-0.2, 0) is 15.1 Å². The first-order valence-corrected chi connectivity index (χ1v) is 9.89. The van der Waals surface area contributed by atoms with Gasteiger partial charge < -0.3 is 10.6 Å². The molecule has 28 heavy (non-hydrogen) atoms. The molecule has 0 bridgehead atoms. The Morgan fingerprint density at radius 1 is 1.18 bits per heavy atom. The standard InChI is InChI=1S/C20H21N3O4S/c1-3-4-17(25)21-15-7-5-13(6-8-15)16(24)11-23-18(26)20(2,22-19(23)27)14-9-10-28-12-14/h5-10,12H,3-4,11H2,1-2H3,(H,21,25)(H,22,27). The first kappa shape index (κ1) is 19.8. The van der Waals surface area contributed by atoms with Crippen LogP contribution in [0.5, 0.6) is 0 Å². The van der Waals surface area contributed by atoms with Crippen LogP contribution in [0.15, 0.2) is 41.1 Å². The Morgan fingerprint density at radius 3 is 2.50 bits per heavy atom. The van der Waals surface area contributed by atoms with Gasteiger partial charge in [-0.15, -0.1) is 0 Å². The monoisotopic (exact) mass is 399 g/mol. The molecule has 1 fully saturated rings. The molecule has 1 saturated heterocycles. The lowest BCUT2D eigenvalue weighted by Crippen LogP contribution is -2.41. The third-order valence-electron chi connectivity index (χ3n) is 4.64. The maximum Gasteiger partial charge on any atom is 0.325 e. The number of Topliss-reactive ketones (excluding diaryl/α,β-unsaturated/α-hetero) is 1. The van der Waals surface area contributed by atoms with Gasteiger partial charge in [-0.2, -0.15) is 11.3 Å². The van der Waals surface area contributed by atoms with Crippen molar-refractivity contribution in [3.05, 3.63) is 52.2 Å². The number of carbonyl (C=O) groups is 4. The number of rotatable bonds is 7. The van der Waals surface area contributed by atoms with E-state index in [-0.39, 0.29) is 18.2 Å². The average molecular weight is 399 g/mol. The summed E-state index contributed by atoms with van der Waals surface area (Å²) in [6.07, 6.45) is 1.17. The van der Waals surface area contributed by atoms with Gasteiger partial charge in [0.15, 0.2) is 5.78 Å². The highest BCUT2D eigenvalue weighted by Crippen LogP contribution is 2.30. The molecule has 0 radical (unpaired) electrons. The molecule has 1 unspecified atom stereocenters. The van der Waals surface area contributed by atoms with E-state index >= 15 is 0 Å². The molecule has 1 aliphatic rings. The van der Waals surface area contributed by atoms with Gasteiger partial charge in [0.1, 0.15) is 5.54 Å². The minimum atomic E-state index is -1.16. The van der Waals surface area contributed by atoms with E-state index in [1.165, 1.54) is 11.3 Å². The van der Waals surface area contributed by atoms with Crippen LogP contribution < -0.4 is 10.6 Å². The third-order valence-corrected chi connectivity index (χ3v) is 5.33. The van der Waals surface area contributed by atoms with Crippen LogP contribution in [0.3, 0.4) is 0 Å². The number of thiophene rings is 1. The fourth-order valence-electron chi connectivity index (χ4n) is 3.01. The quantitative estimate of drug-likeness (QED) is 0.552. The highest BCUT2D eigenvalue weighted by atomic mass is 32.1. The fourth-order valence-corrected chi connectivity index (χ4v) is 3.77. The number of anilines is 1. The molecule has 0 spiro atoms. The Bertz CT molecular complexity index is 908. The maximum absolute atomic E-state index is 12.8. The summed E-state index contributed by atoms with van der Waals surface area (Å²) in [4.78, 5) is 50.2. The summed E-state index contributed by atoms with van der Waals surface area (Å²) >= 11 is 1.43. The molecule has 2 N–H and O–H groups in total. The normalized spacial score (nSPS) is 18.9. The Balaban J connectivity index is 1.68. The molecule has 146 valence electrons. The van der Waals surface area contributed by atoms with Crippen LogP contribution in [0.2, 0.25) is 0 Å². The zero-order chi connectivity index (χ0) is 20.3. The van der Waals surface area contributed by atoms with Crippen molar-refractivity contribution in [1.29, 1.82) is 0 Å². The van der Waals surface area contributed by atoms with Crippen molar-refractivity contribution in [2.45, 2.75) is 32.2 Å². The molecule has 1 aromatic heterocycles. The number of imide groups is 1. The van der Waals surface area contributed by atoms with Crippen LogP contribution in [-0.4, -0.2) is 35.1 Å². The Morgan fingerprint density at radius 2 is 1.89 bits per heavy atom. The molecule has 7 nitrogen and oxygen atoms in total. The topological polar surface area (TPSA) is 95.6 Å². The van der Waals surface area contributed by atoms with E-state index < -0.39 is 17.5 Å². The molecule has 2 aromatic rings. The van der Waals surface area contributed by atoms with Crippen molar-refractivity contribution in [2.75, 3.05) is 11.9 Å². The van der Waals surface area contributed by atoms with E-state index in [0.29, 0.717) is 23.2 Å². The van der Waals surface area contributed by atoms with Crippen molar-refractivity contribution in [2.24, 2.45) is 0 Å². The minimum absolute atomic E-state index is 0.0892. The van der Waals surface area contributed by atoms with Crippen LogP contribution in [0.25, 0.3) is 0 Å². The predicted octanol–water partition coefficient (Wildman–Crippen LogP) is 3.14. The number of urea groups is 1. The highest BCUT2D eigenvalue weighted by Gasteiger charge is 2.49. The van der Waals surface area contributed by atoms with Crippen LogP contribution in [0.1, 0.15) is 42.6 Å². The summed E-state index contributed by atoms with van der Waals surface area (Å²) in [5.41, 5.74) is 0.483.